The second-order valence-corrected chi connectivity index (χ2v) is 9.46. The lowest BCUT2D eigenvalue weighted by atomic mass is 9.95. The molecule has 1 aliphatic heterocycles. The molecule has 3 aromatic rings. The molecule has 0 bridgehead atoms. The summed E-state index contributed by atoms with van der Waals surface area (Å²) in [5.41, 5.74) is 1.31. The van der Waals surface area contributed by atoms with Crippen molar-refractivity contribution in [2.24, 2.45) is 4.99 Å². The Labute approximate surface area is 222 Å². The quantitative estimate of drug-likeness (QED) is 0.169. The van der Waals surface area contributed by atoms with E-state index in [-0.39, 0.29) is 30.0 Å². The van der Waals surface area contributed by atoms with Crippen molar-refractivity contribution in [1.29, 1.82) is 0 Å². The van der Waals surface area contributed by atoms with Gasteiger partial charge in [-0.3, -0.25) is 19.5 Å². The molecule has 1 aromatic heterocycles. The van der Waals surface area contributed by atoms with Crippen LogP contribution in [-0.4, -0.2) is 42.4 Å². The minimum Gasteiger partial charge on any atom is -0.493 e. The Kier molecular flexibility index (Phi) is 8.49. The molecular formula is C27H27N3O7S. The third-order valence-corrected chi connectivity index (χ3v) is 6.80. The maximum absolute atomic E-state index is 13.8. The normalized spacial score (nSPS) is 15.1. The first kappa shape index (κ1) is 27.0. The molecule has 1 atom stereocenters. The first-order chi connectivity index (χ1) is 18.3. The lowest BCUT2D eigenvalue weighted by molar-refractivity contribution is -0.384. The van der Waals surface area contributed by atoms with Gasteiger partial charge in [-0.05, 0) is 31.1 Å². The summed E-state index contributed by atoms with van der Waals surface area (Å²) < 4.78 is 18.2. The van der Waals surface area contributed by atoms with Gasteiger partial charge in [-0.1, -0.05) is 48.6 Å². The molecule has 11 heteroatoms. The molecule has 0 fully saturated rings. The largest absolute Gasteiger partial charge is 0.493 e. The van der Waals surface area contributed by atoms with Crippen LogP contribution in [0.5, 0.6) is 5.75 Å². The molecule has 10 nitrogen and oxygen atoms in total. The van der Waals surface area contributed by atoms with Crippen LogP contribution in [0.25, 0.3) is 6.08 Å². The van der Waals surface area contributed by atoms with Gasteiger partial charge < -0.3 is 14.2 Å². The van der Waals surface area contributed by atoms with Crippen molar-refractivity contribution in [3.05, 3.63) is 101 Å². The van der Waals surface area contributed by atoms with Crippen LogP contribution in [0, 0.1) is 10.1 Å². The van der Waals surface area contributed by atoms with Gasteiger partial charge in [0.25, 0.3) is 11.2 Å². The van der Waals surface area contributed by atoms with E-state index in [1.807, 2.05) is 25.1 Å². The number of benzene rings is 2. The first-order valence-electron chi connectivity index (χ1n) is 12.0. The van der Waals surface area contributed by atoms with Gasteiger partial charge in [0.05, 0.1) is 33.9 Å². The van der Waals surface area contributed by atoms with Gasteiger partial charge in [0.2, 0.25) is 0 Å². The molecule has 0 saturated carbocycles. The Bertz CT molecular complexity index is 1570. The molecule has 0 unspecified atom stereocenters. The number of carbonyl (C=O) groups excluding carboxylic acids is 1. The fraction of sp³-hybridized carbons (Fsp3) is 0.296. The fourth-order valence-corrected chi connectivity index (χ4v) is 5.15. The highest BCUT2D eigenvalue weighted by Crippen LogP contribution is 2.35. The van der Waals surface area contributed by atoms with Crippen LogP contribution in [0.4, 0.5) is 5.69 Å². The van der Waals surface area contributed by atoms with Gasteiger partial charge >= 0.3 is 5.97 Å². The van der Waals surface area contributed by atoms with Crippen molar-refractivity contribution in [2.45, 2.75) is 26.3 Å². The molecule has 1 aliphatic rings. The molecular weight excluding hydrogens is 510 g/mol. The van der Waals surface area contributed by atoms with Crippen molar-refractivity contribution >= 4 is 29.1 Å². The first-order valence-corrected chi connectivity index (χ1v) is 12.8. The summed E-state index contributed by atoms with van der Waals surface area (Å²) in [5.74, 6) is -0.0592. The third-order valence-electron chi connectivity index (χ3n) is 5.82. The minimum atomic E-state index is -0.846. The second-order valence-electron chi connectivity index (χ2n) is 8.45. The van der Waals surface area contributed by atoms with E-state index in [1.54, 1.807) is 31.2 Å². The number of aromatic nitrogens is 1. The molecule has 0 spiro atoms. The summed E-state index contributed by atoms with van der Waals surface area (Å²) in [5, 5.41) is 11.2. The molecule has 0 aliphatic carbocycles. The highest BCUT2D eigenvalue weighted by Gasteiger charge is 2.35. The van der Waals surface area contributed by atoms with Crippen molar-refractivity contribution in [3.63, 3.8) is 0 Å². The number of nitro benzene ring substituents is 1. The Morgan fingerprint density at radius 3 is 2.71 bits per heavy atom. The van der Waals surface area contributed by atoms with Gasteiger partial charge in [0, 0.05) is 24.8 Å². The molecule has 4 rings (SSSR count). The van der Waals surface area contributed by atoms with Crippen LogP contribution in [0.3, 0.4) is 0 Å². The molecule has 0 N–H and O–H groups in total. The number of hydrogen-bond donors (Lipinski definition) is 0. The summed E-state index contributed by atoms with van der Waals surface area (Å²) in [6, 6.07) is 12.4. The number of esters is 1. The van der Waals surface area contributed by atoms with E-state index in [0.29, 0.717) is 38.5 Å². The number of allylic oxidation sites excluding steroid dienone is 1. The summed E-state index contributed by atoms with van der Waals surface area (Å²) in [7, 11) is 1.51. The molecule has 0 amide bonds. The topological polar surface area (TPSA) is 122 Å². The number of nitro groups is 1. The summed E-state index contributed by atoms with van der Waals surface area (Å²) in [6.45, 7) is 4.42. The van der Waals surface area contributed by atoms with Crippen molar-refractivity contribution in [2.75, 3.05) is 26.9 Å². The lowest BCUT2D eigenvalue weighted by Crippen LogP contribution is -2.40. The van der Waals surface area contributed by atoms with E-state index >= 15 is 0 Å². The SMILES string of the molecule is CCCOc1ccccc1[C@@H]1C(C(=O)OCCOC)=C(C)N=c2s/c(=C/c3cccc([N+](=O)[O-])c3)c(=O)n21. The Hall–Kier alpha value is -4.09. The molecule has 0 radical (unpaired) electrons. The van der Waals surface area contributed by atoms with Gasteiger partial charge in [0.1, 0.15) is 18.4 Å². The summed E-state index contributed by atoms with van der Waals surface area (Å²) in [6.07, 6.45) is 2.37. The lowest BCUT2D eigenvalue weighted by Gasteiger charge is -2.26. The van der Waals surface area contributed by atoms with Gasteiger partial charge in [-0.15, -0.1) is 0 Å². The number of non-ortho nitro benzene ring substituents is 1. The molecule has 38 heavy (non-hydrogen) atoms. The molecule has 2 aromatic carbocycles. The highest BCUT2D eigenvalue weighted by molar-refractivity contribution is 7.07. The van der Waals surface area contributed by atoms with Gasteiger partial charge in [-0.2, -0.15) is 0 Å². The van der Waals surface area contributed by atoms with Crippen molar-refractivity contribution in [1.82, 2.24) is 4.57 Å². The van der Waals surface area contributed by atoms with E-state index in [2.05, 4.69) is 4.99 Å². The zero-order valence-electron chi connectivity index (χ0n) is 21.2. The van der Waals surface area contributed by atoms with E-state index in [9.17, 15) is 19.7 Å². The number of para-hydroxylation sites is 1. The predicted molar refractivity (Wildman–Crippen MR) is 142 cm³/mol. The van der Waals surface area contributed by atoms with Crippen LogP contribution in [0.15, 0.2) is 69.6 Å². The number of carbonyl (C=O) groups is 1. The number of hydrogen-bond acceptors (Lipinski definition) is 9. The Morgan fingerprint density at radius 1 is 1.18 bits per heavy atom. The predicted octanol–water partition coefficient (Wildman–Crippen LogP) is 3.12. The maximum atomic E-state index is 13.8. The van der Waals surface area contributed by atoms with E-state index in [1.165, 1.54) is 23.8 Å². The fourth-order valence-electron chi connectivity index (χ4n) is 4.10. The van der Waals surface area contributed by atoms with Crippen molar-refractivity contribution < 1.29 is 23.9 Å². The maximum Gasteiger partial charge on any atom is 0.338 e. The number of nitrogens with zero attached hydrogens (tertiary/aromatic N) is 3. The van der Waals surface area contributed by atoms with E-state index in [0.717, 1.165) is 17.8 Å². The van der Waals surface area contributed by atoms with Crippen LogP contribution in [-0.2, 0) is 14.3 Å². The van der Waals surface area contributed by atoms with Crippen molar-refractivity contribution in [3.8, 4) is 5.75 Å². The van der Waals surface area contributed by atoms with Gasteiger partial charge in [-0.25, -0.2) is 9.79 Å². The summed E-state index contributed by atoms with van der Waals surface area (Å²) in [4.78, 5) is 42.8. The van der Waals surface area contributed by atoms with Crippen LogP contribution in [0.1, 0.15) is 37.4 Å². The third kappa shape index (κ3) is 5.58. The van der Waals surface area contributed by atoms with Gasteiger partial charge in [0.15, 0.2) is 4.80 Å². The average Bonchev–Trinajstić information content (AvgIpc) is 3.21. The highest BCUT2D eigenvalue weighted by atomic mass is 32.1. The molecule has 0 saturated heterocycles. The minimum absolute atomic E-state index is 0.0457. The van der Waals surface area contributed by atoms with E-state index < -0.39 is 16.9 Å². The average molecular weight is 538 g/mol. The van der Waals surface area contributed by atoms with Crippen LogP contribution in [0.2, 0.25) is 0 Å². The summed E-state index contributed by atoms with van der Waals surface area (Å²) >= 11 is 1.14. The number of rotatable bonds is 10. The zero-order valence-corrected chi connectivity index (χ0v) is 22.0. The zero-order chi connectivity index (χ0) is 27.2. The number of methoxy groups -OCH3 is 1. The second kappa shape index (κ2) is 12.0. The molecule has 2 heterocycles. The Morgan fingerprint density at radius 2 is 1.97 bits per heavy atom. The van der Waals surface area contributed by atoms with E-state index in [4.69, 9.17) is 14.2 Å². The Balaban J connectivity index is 1.91. The number of ether oxygens (including phenoxy) is 3. The number of thiazole rings is 1. The van der Waals surface area contributed by atoms with Crippen LogP contribution < -0.4 is 19.6 Å². The monoisotopic (exact) mass is 537 g/mol. The standard InChI is InChI=1S/C27H27N3O7S/c1-4-12-36-21-11-6-5-10-20(21)24-23(26(32)37-14-13-35-3)17(2)28-27-29(24)25(31)22(38-27)16-18-8-7-9-19(15-18)30(33)34/h5-11,15-16,24H,4,12-14H2,1-3H3/b22-16+/t24-/m1/s1. The number of fused-ring (bicyclic) bond motifs is 1. The molecule has 198 valence electrons. The smallest absolute Gasteiger partial charge is 0.338 e. The van der Waals surface area contributed by atoms with Crippen LogP contribution >= 0.6 is 11.3 Å².